The average Bonchev–Trinajstić information content (AvgIpc) is 2.57. The van der Waals surface area contributed by atoms with Crippen molar-refractivity contribution in [2.75, 3.05) is 19.8 Å². The molecule has 3 N–H and O–H groups in total. The van der Waals surface area contributed by atoms with Crippen LogP contribution in [0.15, 0.2) is 0 Å². The summed E-state index contributed by atoms with van der Waals surface area (Å²) in [5, 5.41) is 9.02. The molecule has 0 radical (unpaired) electrons. The van der Waals surface area contributed by atoms with E-state index in [0.717, 1.165) is 32.0 Å². The first-order valence-electron chi connectivity index (χ1n) is 7.11. The lowest BCUT2D eigenvalue weighted by Gasteiger charge is -2.21. The van der Waals surface area contributed by atoms with Gasteiger partial charge in [0, 0.05) is 18.8 Å². The molecule has 1 unspecified atom stereocenters. The van der Waals surface area contributed by atoms with E-state index in [1.807, 2.05) is 6.92 Å². The molecular formula is C14H29NO2. The summed E-state index contributed by atoms with van der Waals surface area (Å²) in [5.74, 6) is 0.777. The summed E-state index contributed by atoms with van der Waals surface area (Å²) in [7, 11) is 0. The van der Waals surface area contributed by atoms with E-state index in [-0.39, 0.29) is 6.61 Å². The van der Waals surface area contributed by atoms with Crippen molar-refractivity contribution in [3.63, 3.8) is 0 Å². The van der Waals surface area contributed by atoms with E-state index in [1.54, 1.807) is 0 Å². The van der Waals surface area contributed by atoms with Crippen LogP contribution in [0.25, 0.3) is 0 Å². The van der Waals surface area contributed by atoms with Gasteiger partial charge in [0.2, 0.25) is 0 Å². The highest BCUT2D eigenvalue weighted by atomic mass is 16.5. The molecule has 1 saturated carbocycles. The van der Waals surface area contributed by atoms with Crippen molar-refractivity contribution in [2.24, 2.45) is 11.7 Å². The number of hydrogen-bond donors (Lipinski definition) is 2. The molecule has 17 heavy (non-hydrogen) atoms. The predicted molar refractivity (Wildman–Crippen MR) is 70.9 cm³/mol. The number of rotatable bonds is 7. The van der Waals surface area contributed by atoms with Gasteiger partial charge in [0.25, 0.3) is 0 Å². The topological polar surface area (TPSA) is 55.5 Å². The normalized spacial score (nSPS) is 22.1. The Labute approximate surface area is 106 Å². The van der Waals surface area contributed by atoms with Gasteiger partial charge in [-0.1, -0.05) is 25.7 Å². The van der Waals surface area contributed by atoms with Gasteiger partial charge in [0.15, 0.2) is 0 Å². The molecule has 1 fully saturated rings. The third-order valence-corrected chi connectivity index (χ3v) is 3.73. The van der Waals surface area contributed by atoms with E-state index in [4.69, 9.17) is 15.6 Å². The second-order valence-corrected chi connectivity index (χ2v) is 5.85. The van der Waals surface area contributed by atoms with Crippen molar-refractivity contribution < 1.29 is 9.84 Å². The van der Waals surface area contributed by atoms with Crippen LogP contribution in [-0.4, -0.2) is 30.5 Å². The van der Waals surface area contributed by atoms with E-state index in [9.17, 15) is 0 Å². The highest BCUT2D eigenvalue weighted by Crippen LogP contribution is 2.23. The van der Waals surface area contributed by atoms with Crippen LogP contribution in [0, 0.1) is 5.92 Å². The summed E-state index contributed by atoms with van der Waals surface area (Å²) in [6, 6.07) is 0. The highest BCUT2D eigenvalue weighted by Gasteiger charge is 2.16. The van der Waals surface area contributed by atoms with Crippen LogP contribution in [0.2, 0.25) is 0 Å². The molecule has 0 aromatic rings. The monoisotopic (exact) mass is 243 g/mol. The lowest BCUT2D eigenvalue weighted by Crippen LogP contribution is -2.40. The molecule has 1 atom stereocenters. The van der Waals surface area contributed by atoms with Crippen molar-refractivity contribution in [3.05, 3.63) is 0 Å². The van der Waals surface area contributed by atoms with E-state index < -0.39 is 5.54 Å². The SMILES string of the molecule is CC(N)(CO)CCCOCC1CCCCCC1. The molecule has 1 aliphatic carbocycles. The summed E-state index contributed by atoms with van der Waals surface area (Å²) < 4.78 is 5.73. The first-order valence-corrected chi connectivity index (χ1v) is 7.11. The first-order chi connectivity index (χ1) is 8.14. The van der Waals surface area contributed by atoms with Crippen molar-refractivity contribution >= 4 is 0 Å². The maximum Gasteiger partial charge on any atom is 0.0608 e. The zero-order chi connectivity index (χ0) is 12.6. The summed E-state index contributed by atoms with van der Waals surface area (Å²) in [4.78, 5) is 0. The van der Waals surface area contributed by atoms with E-state index in [2.05, 4.69) is 0 Å². The standard InChI is InChI=1S/C14H29NO2/c1-14(15,12-16)9-6-10-17-11-13-7-4-2-3-5-8-13/h13,16H,2-12,15H2,1H3. The average molecular weight is 243 g/mol. The second kappa shape index (κ2) is 8.06. The van der Waals surface area contributed by atoms with Gasteiger partial charge in [0.05, 0.1) is 6.61 Å². The molecule has 102 valence electrons. The Morgan fingerprint density at radius 2 is 1.88 bits per heavy atom. The van der Waals surface area contributed by atoms with Crippen LogP contribution >= 0.6 is 0 Å². The Balaban J connectivity index is 1.99. The minimum Gasteiger partial charge on any atom is -0.394 e. The van der Waals surface area contributed by atoms with Gasteiger partial charge in [-0.15, -0.1) is 0 Å². The Hall–Kier alpha value is -0.120. The maximum atomic E-state index is 9.02. The molecule has 0 bridgehead atoms. The molecule has 3 nitrogen and oxygen atoms in total. The first kappa shape index (κ1) is 14.9. The van der Waals surface area contributed by atoms with E-state index >= 15 is 0 Å². The Kier molecular flexibility index (Phi) is 7.09. The minimum absolute atomic E-state index is 0.0512. The van der Waals surface area contributed by atoms with Crippen LogP contribution < -0.4 is 5.73 Å². The van der Waals surface area contributed by atoms with Crippen molar-refractivity contribution in [2.45, 2.75) is 63.8 Å². The fourth-order valence-corrected chi connectivity index (χ4v) is 2.44. The van der Waals surface area contributed by atoms with Crippen LogP contribution in [0.5, 0.6) is 0 Å². The Morgan fingerprint density at radius 1 is 1.24 bits per heavy atom. The summed E-state index contributed by atoms with van der Waals surface area (Å²) >= 11 is 0. The smallest absolute Gasteiger partial charge is 0.0608 e. The molecule has 0 saturated heterocycles. The molecular weight excluding hydrogens is 214 g/mol. The molecule has 0 aliphatic heterocycles. The lowest BCUT2D eigenvalue weighted by atomic mass is 9.99. The summed E-state index contributed by atoms with van der Waals surface area (Å²) in [6.45, 7) is 3.64. The number of hydrogen-bond acceptors (Lipinski definition) is 3. The highest BCUT2D eigenvalue weighted by molar-refractivity contribution is 4.76. The van der Waals surface area contributed by atoms with Crippen LogP contribution in [0.4, 0.5) is 0 Å². The van der Waals surface area contributed by atoms with E-state index in [0.29, 0.717) is 0 Å². The van der Waals surface area contributed by atoms with Crippen LogP contribution in [0.3, 0.4) is 0 Å². The minimum atomic E-state index is -0.439. The zero-order valence-corrected chi connectivity index (χ0v) is 11.3. The third-order valence-electron chi connectivity index (χ3n) is 3.73. The Bertz CT molecular complexity index is 187. The van der Waals surface area contributed by atoms with Gasteiger partial charge >= 0.3 is 0 Å². The fourth-order valence-electron chi connectivity index (χ4n) is 2.44. The molecule has 0 heterocycles. The van der Waals surface area contributed by atoms with Gasteiger partial charge in [-0.3, -0.25) is 0 Å². The van der Waals surface area contributed by atoms with Crippen LogP contribution in [0.1, 0.15) is 58.3 Å². The van der Waals surface area contributed by atoms with Gasteiger partial charge in [-0.25, -0.2) is 0 Å². The summed E-state index contributed by atoms with van der Waals surface area (Å²) in [6.07, 6.45) is 10.0. The predicted octanol–water partition coefficient (Wildman–Crippen LogP) is 2.46. The number of ether oxygens (including phenoxy) is 1. The number of nitrogens with two attached hydrogens (primary N) is 1. The molecule has 1 rings (SSSR count). The lowest BCUT2D eigenvalue weighted by molar-refractivity contribution is 0.0845. The molecule has 0 spiro atoms. The molecule has 0 aromatic heterocycles. The quantitative estimate of drug-likeness (QED) is 0.533. The van der Waals surface area contributed by atoms with Gasteiger partial charge < -0.3 is 15.6 Å². The largest absolute Gasteiger partial charge is 0.394 e. The summed E-state index contributed by atoms with van der Waals surface area (Å²) in [5.41, 5.74) is 5.42. The van der Waals surface area contributed by atoms with E-state index in [1.165, 1.54) is 38.5 Å². The third kappa shape index (κ3) is 7.02. The van der Waals surface area contributed by atoms with Crippen molar-refractivity contribution in [1.29, 1.82) is 0 Å². The maximum absolute atomic E-state index is 9.02. The van der Waals surface area contributed by atoms with Gasteiger partial charge in [-0.2, -0.15) is 0 Å². The van der Waals surface area contributed by atoms with Crippen LogP contribution in [-0.2, 0) is 4.74 Å². The van der Waals surface area contributed by atoms with Gasteiger partial charge in [0.1, 0.15) is 0 Å². The van der Waals surface area contributed by atoms with Crippen molar-refractivity contribution in [1.82, 2.24) is 0 Å². The van der Waals surface area contributed by atoms with Gasteiger partial charge in [-0.05, 0) is 38.5 Å². The molecule has 0 amide bonds. The number of aliphatic hydroxyl groups excluding tert-OH is 1. The Morgan fingerprint density at radius 3 is 2.47 bits per heavy atom. The molecule has 3 heteroatoms. The van der Waals surface area contributed by atoms with Crippen molar-refractivity contribution in [3.8, 4) is 0 Å². The molecule has 0 aromatic carbocycles. The number of aliphatic hydroxyl groups is 1. The zero-order valence-electron chi connectivity index (χ0n) is 11.3. The second-order valence-electron chi connectivity index (χ2n) is 5.85. The fraction of sp³-hybridized carbons (Fsp3) is 1.00. The molecule has 1 aliphatic rings.